The normalized spacial score (nSPS) is 18.2. The van der Waals surface area contributed by atoms with Crippen LogP contribution in [0.1, 0.15) is 33.7 Å². The Morgan fingerprint density at radius 1 is 1.05 bits per heavy atom. The lowest BCUT2D eigenvalue weighted by atomic mass is 9.71. The first-order valence-corrected chi connectivity index (χ1v) is 12.1. The van der Waals surface area contributed by atoms with Crippen LogP contribution in [0.15, 0.2) is 51.8 Å². The van der Waals surface area contributed by atoms with Crippen LogP contribution in [0, 0.1) is 5.92 Å². The lowest BCUT2D eigenvalue weighted by Gasteiger charge is -2.45. The molecule has 2 aliphatic heterocycles. The van der Waals surface area contributed by atoms with Crippen LogP contribution >= 0.6 is 0 Å². The number of ketones is 2. The zero-order valence-electron chi connectivity index (χ0n) is 20.7. The minimum absolute atomic E-state index is 0.0825. The molecule has 1 atom stereocenters. The van der Waals surface area contributed by atoms with Crippen LogP contribution in [0.2, 0.25) is 0 Å². The Hall–Kier alpha value is -4.51. The van der Waals surface area contributed by atoms with Crippen LogP contribution in [0.3, 0.4) is 0 Å². The van der Waals surface area contributed by atoms with Crippen LogP contribution in [0.5, 0.6) is 17.2 Å². The zero-order valence-corrected chi connectivity index (χ0v) is 20.7. The molecule has 1 fully saturated rings. The fraction of sp³-hybridized carbons (Fsp3) is 0.296. The number of hydrogen-bond acceptors (Lipinski definition) is 10. The van der Waals surface area contributed by atoms with E-state index in [0.29, 0.717) is 59.6 Å². The van der Waals surface area contributed by atoms with Gasteiger partial charge in [0.25, 0.3) is 0 Å². The number of para-hydroxylation sites is 1. The van der Waals surface area contributed by atoms with E-state index in [1.165, 1.54) is 14.2 Å². The van der Waals surface area contributed by atoms with Crippen molar-refractivity contribution in [1.29, 1.82) is 0 Å². The summed E-state index contributed by atoms with van der Waals surface area (Å²) in [5, 5.41) is 7.66. The van der Waals surface area contributed by atoms with Crippen molar-refractivity contribution in [1.82, 2.24) is 20.4 Å². The largest absolute Gasteiger partial charge is 0.496 e. The van der Waals surface area contributed by atoms with E-state index in [4.69, 9.17) is 14.2 Å². The lowest BCUT2D eigenvalue weighted by Crippen LogP contribution is -2.58. The van der Waals surface area contributed by atoms with Crippen LogP contribution in [-0.4, -0.2) is 59.6 Å². The van der Waals surface area contributed by atoms with Gasteiger partial charge in [-0.15, -0.1) is 0 Å². The molecule has 2 aromatic heterocycles. The van der Waals surface area contributed by atoms with E-state index in [-0.39, 0.29) is 22.9 Å². The third-order valence-corrected chi connectivity index (χ3v) is 7.23. The smallest absolute Gasteiger partial charge is 0.439 e. The summed E-state index contributed by atoms with van der Waals surface area (Å²) in [5.74, 6) is -1.24. The number of Topliss-reactive ketones (excluding diaryl/α,β-unsaturated/α-hetero) is 2. The van der Waals surface area contributed by atoms with Crippen LogP contribution in [0.4, 0.5) is 0 Å². The summed E-state index contributed by atoms with van der Waals surface area (Å²) in [6.07, 6.45) is 0.919. The maximum atomic E-state index is 14.2. The first kappa shape index (κ1) is 23.9. The average Bonchev–Trinajstić information content (AvgIpc) is 3.38. The molecule has 0 radical (unpaired) electrons. The first-order valence-electron chi connectivity index (χ1n) is 12.1. The number of fused-ring (bicyclic) bond motifs is 2. The van der Waals surface area contributed by atoms with Crippen LogP contribution in [-0.2, 0) is 0 Å². The molecule has 0 bridgehead atoms. The molecule has 2 N–H and O–H groups in total. The second-order valence-corrected chi connectivity index (χ2v) is 9.30. The average molecular weight is 517 g/mol. The third-order valence-electron chi connectivity index (χ3n) is 7.23. The van der Waals surface area contributed by atoms with Gasteiger partial charge in [-0.2, -0.15) is 0 Å². The Balaban J connectivity index is 1.49. The number of pyridine rings is 1. The predicted molar refractivity (Wildman–Crippen MR) is 135 cm³/mol. The fourth-order valence-electron chi connectivity index (χ4n) is 5.38. The van der Waals surface area contributed by atoms with Gasteiger partial charge in [0.15, 0.2) is 17.4 Å². The molecular formula is C27H24N4O7. The molecule has 2 aliphatic rings. The Morgan fingerprint density at radius 3 is 2.55 bits per heavy atom. The molecule has 38 heavy (non-hydrogen) atoms. The SMILES string of the molecule is COc1cc(C(=O)[C@H]2C(=O)c3cc(-c4noc(=O)[nH]4)ccc3OC23CCNCC3)nc2c(OC)cccc12. The highest BCUT2D eigenvalue weighted by Crippen LogP contribution is 2.44. The second kappa shape index (κ2) is 9.10. The van der Waals surface area contributed by atoms with E-state index >= 15 is 0 Å². The topological polar surface area (TPSA) is 146 Å². The van der Waals surface area contributed by atoms with Gasteiger partial charge in [0, 0.05) is 29.9 Å². The van der Waals surface area contributed by atoms with Crippen molar-refractivity contribution >= 4 is 22.5 Å². The first-order chi connectivity index (χ1) is 18.4. The van der Waals surface area contributed by atoms with Gasteiger partial charge in [0.05, 0.1) is 19.8 Å². The Bertz CT molecular complexity index is 1630. The summed E-state index contributed by atoms with van der Waals surface area (Å²) in [7, 11) is 3.04. The number of H-pyrrole nitrogens is 1. The summed E-state index contributed by atoms with van der Waals surface area (Å²) in [6, 6.07) is 11.8. The number of aromatic nitrogens is 3. The number of hydrogen-bond donors (Lipinski definition) is 2. The number of carbonyl (C=O) groups is 2. The number of nitrogens with one attached hydrogen (secondary N) is 2. The van der Waals surface area contributed by atoms with Crippen molar-refractivity contribution in [2.45, 2.75) is 18.4 Å². The van der Waals surface area contributed by atoms with Gasteiger partial charge in [0.2, 0.25) is 0 Å². The molecule has 1 spiro atoms. The van der Waals surface area contributed by atoms with Crippen molar-refractivity contribution in [2.24, 2.45) is 5.92 Å². The summed E-state index contributed by atoms with van der Waals surface area (Å²) in [6.45, 7) is 1.18. The second-order valence-electron chi connectivity index (χ2n) is 9.30. The van der Waals surface area contributed by atoms with Gasteiger partial charge in [-0.05, 0) is 43.4 Å². The van der Waals surface area contributed by atoms with Crippen molar-refractivity contribution in [3.05, 3.63) is 64.3 Å². The molecular weight excluding hydrogens is 492 g/mol. The molecule has 4 aromatic rings. The standard InChI is InChI=1S/C27H24N4O7/c1-35-19-5-3-4-15-20(36-2)13-17(29-22(15)19)24(33)21-23(32)16-12-14(25-30-26(34)38-31-25)6-7-18(16)37-27(21)8-10-28-11-9-27/h3-7,12-13,21,28H,8-11H2,1-2H3,(H,30,31,34)/t21-/m1/s1. The van der Waals surface area contributed by atoms with Crippen molar-refractivity contribution in [2.75, 3.05) is 27.3 Å². The summed E-state index contributed by atoms with van der Waals surface area (Å²) >= 11 is 0. The van der Waals surface area contributed by atoms with E-state index < -0.39 is 23.1 Å². The highest BCUT2D eigenvalue weighted by atomic mass is 16.5. The molecule has 1 saturated heterocycles. The molecule has 0 saturated carbocycles. The van der Waals surface area contributed by atoms with Crippen molar-refractivity contribution in [3.63, 3.8) is 0 Å². The molecule has 2 aromatic carbocycles. The van der Waals surface area contributed by atoms with Crippen molar-refractivity contribution < 1.29 is 28.3 Å². The Morgan fingerprint density at radius 2 is 1.84 bits per heavy atom. The number of rotatable bonds is 5. The Kier molecular flexibility index (Phi) is 5.72. The quantitative estimate of drug-likeness (QED) is 0.300. The van der Waals surface area contributed by atoms with E-state index in [9.17, 15) is 14.4 Å². The number of ether oxygens (including phenoxy) is 3. The molecule has 4 heterocycles. The number of methoxy groups -OCH3 is 2. The molecule has 0 aliphatic carbocycles. The Labute approximate surface area is 216 Å². The van der Waals surface area contributed by atoms with Crippen LogP contribution in [0.25, 0.3) is 22.3 Å². The maximum absolute atomic E-state index is 14.2. The van der Waals surface area contributed by atoms with E-state index in [0.717, 1.165) is 0 Å². The van der Waals surface area contributed by atoms with Gasteiger partial charge in [0.1, 0.15) is 40.0 Å². The summed E-state index contributed by atoms with van der Waals surface area (Å²) in [5.41, 5.74) is 0.173. The van der Waals surface area contributed by atoms with E-state index in [1.54, 1.807) is 30.3 Å². The number of aromatic amines is 1. The third kappa shape index (κ3) is 3.74. The molecule has 0 amide bonds. The highest BCUT2D eigenvalue weighted by molar-refractivity contribution is 6.19. The zero-order chi connectivity index (χ0) is 26.4. The van der Waals surface area contributed by atoms with Gasteiger partial charge < -0.3 is 19.5 Å². The minimum Gasteiger partial charge on any atom is -0.496 e. The minimum atomic E-state index is -1.15. The van der Waals surface area contributed by atoms with E-state index in [1.807, 2.05) is 12.1 Å². The molecule has 6 rings (SSSR count). The fourth-order valence-corrected chi connectivity index (χ4v) is 5.38. The number of benzene rings is 2. The molecule has 0 unspecified atom stereocenters. The van der Waals surface area contributed by atoms with E-state index in [2.05, 4.69) is 25.0 Å². The number of nitrogens with zero attached hydrogens (tertiary/aromatic N) is 2. The van der Waals surface area contributed by atoms with Gasteiger partial charge in [-0.3, -0.25) is 19.1 Å². The number of piperidine rings is 1. The summed E-state index contributed by atoms with van der Waals surface area (Å²) < 4.78 is 22.1. The summed E-state index contributed by atoms with van der Waals surface area (Å²) in [4.78, 5) is 46.9. The molecule has 194 valence electrons. The highest BCUT2D eigenvalue weighted by Gasteiger charge is 2.54. The van der Waals surface area contributed by atoms with Gasteiger partial charge >= 0.3 is 5.76 Å². The van der Waals surface area contributed by atoms with Crippen molar-refractivity contribution in [3.8, 4) is 28.6 Å². The lowest BCUT2D eigenvalue weighted by molar-refractivity contribution is -0.0139. The van der Waals surface area contributed by atoms with Crippen LogP contribution < -0.4 is 25.3 Å². The predicted octanol–water partition coefficient (Wildman–Crippen LogP) is 2.79. The van der Waals surface area contributed by atoms with Gasteiger partial charge in [-0.1, -0.05) is 11.2 Å². The van der Waals surface area contributed by atoms with Gasteiger partial charge in [-0.25, -0.2) is 9.78 Å². The number of carbonyl (C=O) groups excluding carboxylic acids is 2. The monoisotopic (exact) mass is 516 g/mol. The molecule has 11 nitrogen and oxygen atoms in total. The maximum Gasteiger partial charge on any atom is 0.439 e. The molecule has 11 heteroatoms.